The summed E-state index contributed by atoms with van der Waals surface area (Å²) in [7, 11) is 0. The molecule has 0 amide bonds. The van der Waals surface area contributed by atoms with E-state index in [4.69, 9.17) is 4.84 Å². The summed E-state index contributed by atoms with van der Waals surface area (Å²) >= 11 is 0. The van der Waals surface area contributed by atoms with Crippen LogP contribution in [0.3, 0.4) is 0 Å². The molecule has 2 aromatic carbocycles. The minimum absolute atomic E-state index is 0.565. The van der Waals surface area contributed by atoms with Gasteiger partial charge in [0.15, 0.2) is 0 Å². The highest BCUT2D eigenvalue weighted by molar-refractivity contribution is 5.61. The molecule has 2 nitrogen and oxygen atoms in total. The number of nitrogens with zero attached hydrogens (tertiary/aromatic N) is 1. The average molecular weight is 277 g/mol. The molecule has 1 aromatic heterocycles. The van der Waals surface area contributed by atoms with E-state index >= 15 is 0 Å². The van der Waals surface area contributed by atoms with Crippen molar-refractivity contribution in [1.82, 2.24) is 4.73 Å². The Hall–Kier alpha value is -2.48. The fourth-order valence-electron chi connectivity index (χ4n) is 2.40. The first-order valence-electron chi connectivity index (χ1n) is 7.17. The van der Waals surface area contributed by atoms with Crippen molar-refractivity contribution in [3.05, 3.63) is 83.6 Å². The van der Waals surface area contributed by atoms with Crippen LogP contribution in [0.1, 0.15) is 16.8 Å². The topological polar surface area (TPSA) is 14.2 Å². The molecule has 0 atom stereocenters. The number of benzene rings is 2. The largest absolute Gasteiger partial charge is 0.409 e. The van der Waals surface area contributed by atoms with Crippen LogP contribution in [-0.2, 0) is 6.61 Å². The van der Waals surface area contributed by atoms with Crippen LogP contribution in [0.25, 0.3) is 11.3 Å². The minimum Gasteiger partial charge on any atom is -0.409 e. The highest BCUT2D eigenvalue weighted by Gasteiger charge is 2.12. The molecule has 0 N–H and O–H groups in total. The van der Waals surface area contributed by atoms with Gasteiger partial charge in [0, 0.05) is 5.56 Å². The summed E-state index contributed by atoms with van der Waals surface area (Å²) in [5, 5.41) is 0. The molecule has 0 saturated carbocycles. The molecule has 0 aliphatic carbocycles. The maximum absolute atomic E-state index is 6.05. The van der Waals surface area contributed by atoms with Gasteiger partial charge in [0.25, 0.3) is 0 Å². The molecular formula is C19H19NO. The van der Waals surface area contributed by atoms with E-state index in [-0.39, 0.29) is 0 Å². The zero-order valence-electron chi connectivity index (χ0n) is 12.4. The van der Waals surface area contributed by atoms with Gasteiger partial charge >= 0.3 is 0 Å². The first-order valence-corrected chi connectivity index (χ1v) is 7.17. The molecule has 21 heavy (non-hydrogen) atoms. The van der Waals surface area contributed by atoms with E-state index in [0.29, 0.717) is 6.61 Å². The Morgan fingerprint density at radius 1 is 0.857 bits per heavy atom. The van der Waals surface area contributed by atoms with Crippen molar-refractivity contribution < 1.29 is 4.84 Å². The minimum atomic E-state index is 0.565. The highest BCUT2D eigenvalue weighted by Crippen LogP contribution is 2.24. The average Bonchev–Trinajstić information content (AvgIpc) is 2.82. The van der Waals surface area contributed by atoms with Crippen molar-refractivity contribution in [2.45, 2.75) is 20.5 Å². The fourth-order valence-corrected chi connectivity index (χ4v) is 2.40. The second-order valence-corrected chi connectivity index (χ2v) is 5.22. The zero-order valence-corrected chi connectivity index (χ0v) is 12.4. The smallest absolute Gasteiger partial charge is 0.140 e. The van der Waals surface area contributed by atoms with Gasteiger partial charge in [-0.05, 0) is 31.0 Å². The monoisotopic (exact) mass is 277 g/mol. The Bertz CT molecular complexity index is 714. The Morgan fingerprint density at radius 2 is 1.48 bits per heavy atom. The van der Waals surface area contributed by atoms with Gasteiger partial charge in [0.1, 0.15) is 6.61 Å². The summed E-state index contributed by atoms with van der Waals surface area (Å²) in [6, 6.07) is 22.8. The summed E-state index contributed by atoms with van der Waals surface area (Å²) in [5.41, 5.74) is 5.82. The van der Waals surface area contributed by atoms with Crippen molar-refractivity contribution in [3.63, 3.8) is 0 Å². The second kappa shape index (κ2) is 5.88. The number of aryl methyl sites for hydroxylation is 1. The second-order valence-electron chi connectivity index (χ2n) is 5.22. The van der Waals surface area contributed by atoms with E-state index in [9.17, 15) is 0 Å². The van der Waals surface area contributed by atoms with Crippen LogP contribution in [0.4, 0.5) is 0 Å². The highest BCUT2D eigenvalue weighted by atomic mass is 16.7. The predicted molar refractivity (Wildman–Crippen MR) is 86.1 cm³/mol. The normalized spacial score (nSPS) is 10.6. The van der Waals surface area contributed by atoms with Gasteiger partial charge in [-0.15, -0.1) is 0 Å². The van der Waals surface area contributed by atoms with Gasteiger partial charge in [0.05, 0.1) is 11.4 Å². The summed E-state index contributed by atoms with van der Waals surface area (Å²) in [6.45, 7) is 4.77. The molecule has 0 bridgehead atoms. The molecule has 0 unspecified atom stereocenters. The molecular weight excluding hydrogens is 258 g/mol. The van der Waals surface area contributed by atoms with Gasteiger partial charge in [-0.3, -0.25) is 0 Å². The van der Waals surface area contributed by atoms with Gasteiger partial charge < -0.3 is 4.84 Å². The third kappa shape index (κ3) is 2.84. The molecule has 2 heteroatoms. The van der Waals surface area contributed by atoms with Gasteiger partial charge in [-0.2, -0.15) is 4.73 Å². The zero-order chi connectivity index (χ0) is 14.7. The maximum atomic E-state index is 6.05. The molecule has 106 valence electrons. The number of hydrogen-bond acceptors (Lipinski definition) is 1. The summed E-state index contributed by atoms with van der Waals surface area (Å²) in [5.74, 6) is 0. The third-order valence-electron chi connectivity index (χ3n) is 3.72. The third-order valence-corrected chi connectivity index (χ3v) is 3.72. The van der Waals surface area contributed by atoms with Gasteiger partial charge in [0.2, 0.25) is 0 Å². The molecule has 0 saturated heterocycles. The maximum Gasteiger partial charge on any atom is 0.140 e. The van der Waals surface area contributed by atoms with Crippen molar-refractivity contribution in [3.8, 4) is 11.3 Å². The fraction of sp³-hybridized carbons (Fsp3) is 0.158. The Balaban J connectivity index is 1.91. The van der Waals surface area contributed by atoms with E-state index in [1.54, 1.807) is 0 Å². The molecule has 0 radical (unpaired) electrons. The van der Waals surface area contributed by atoms with E-state index in [1.807, 2.05) is 29.0 Å². The lowest BCUT2D eigenvalue weighted by Gasteiger charge is -2.13. The van der Waals surface area contributed by atoms with Gasteiger partial charge in [-0.1, -0.05) is 60.7 Å². The molecule has 0 aliphatic heterocycles. The molecule has 0 spiro atoms. The number of aromatic nitrogens is 1. The van der Waals surface area contributed by atoms with Gasteiger partial charge in [-0.25, -0.2) is 0 Å². The summed E-state index contributed by atoms with van der Waals surface area (Å²) in [4.78, 5) is 6.05. The van der Waals surface area contributed by atoms with Crippen LogP contribution in [0.5, 0.6) is 0 Å². The number of hydrogen-bond donors (Lipinski definition) is 0. The predicted octanol–water partition coefficient (Wildman–Crippen LogP) is 4.40. The first-order chi connectivity index (χ1) is 10.3. The SMILES string of the molecule is Cc1cc(-c2ccccc2)n(OCc2ccccc2)c1C. The Morgan fingerprint density at radius 3 is 2.14 bits per heavy atom. The van der Waals surface area contributed by atoms with Crippen molar-refractivity contribution >= 4 is 0 Å². The molecule has 1 heterocycles. The van der Waals surface area contributed by atoms with Crippen LogP contribution < -0.4 is 4.84 Å². The van der Waals surface area contributed by atoms with Crippen LogP contribution in [0.15, 0.2) is 66.7 Å². The van der Waals surface area contributed by atoms with E-state index in [1.165, 1.54) is 16.7 Å². The number of rotatable bonds is 4. The first kappa shape index (κ1) is 13.5. The van der Waals surface area contributed by atoms with Crippen LogP contribution in [0, 0.1) is 13.8 Å². The molecule has 3 rings (SSSR count). The summed E-state index contributed by atoms with van der Waals surface area (Å²) in [6.07, 6.45) is 0. The van der Waals surface area contributed by atoms with Crippen LogP contribution in [0.2, 0.25) is 0 Å². The summed E-state index contributed by atoms with van der Waals surface area (Å²) < 4.78 is 1.94. The lowest BCUT2D eigenvalue weighted by atomic mass is 10.1. The van der Waals surface area contributed by atoms with E-state index in [2.05, 4.69) is 56.3 Å². The standard InChI is InChI=1S/C19H19NO/c1-15-13-19(18-11-7-4-8-12-18)20(16(15)2)21-14-17-9-5-3-6-10-17/h3-13H,14H2,1-2H3. The molecule has 0 fully saturated rings. The Labute approximate surface area is 125 Å². The quantitative estimate of drug-likeness (QED) is 0.689. The van der Waals surface area contributed by atoms with E-state index < -0.39 is 0 Å². The van der Waals surface area contributed by atoms with Crippen LogP contribution in [-0.4, -0.2) is 4.73 Å². The lowest BCUT2D eigenvalue weighted by Crippen LogP contribution is -2.14. The van der Waals surface area contributed by atoms with E-state index in [0.717, 1.165) is 11.4 Å². The molecule has 3 aromatic rings. The van der Waals surface area contributed by atoms with Crippen molar-refractivity contribution in [2.24, 2.45) is 0 Å². The molecule has 0 aliphatic rings. The van der Waals surface area contributed by atoms with Crippen LogP contribution >= 0.6 is 0 Å². The lowest BCUT2D eigenvalue weighted by molar-refractivity contribution is 0.0970. The Kier molecular flexibility index (Phi) is 3.78. The van der Waals surface area contributed by atoms with Crippen molar-refractivity contribution in [1.29, 1.82) is 0 Å². The van der Waals surface area contributed by atoms with Crippen molar-refractivity contribution in [2.75, 3.05) is 0 Å².